The van der Waals surface area contributed by atoms with Gasteiger partial charge in [0.25, 0.3) is 0 Å². The van der Waals surface area contributed by atoms with E-state index in [4.69, 9.17) is 0 Å². The third kappa shape index (κ3) is 4.61. The standard InChI is InChI=1S/C15H16F3NO6/c1-8(20)19-14(12(21)22,13(23)24)6-5-9-3-4-11(25-2)10(7-9)15(16,17)18/h3-4,7H,5-6H2,1-2H3,(H,19,20)(H,21,22)(H,23,24). The minimum Gasteiger partial charge on any atom is -0.496 e. The van der Waals surface area contributed by atoms with Crippen LogP contribution in [0.1, 0.15) is 24.5 Å². The van der Waals surface area contributed by atoms with Crippen molar-refractivity contribution in [3.8, 4) is 5.75 Å². The van der Waals surface area contributed by atoms with Crippen LogP contribution < -0.4 is 10.1 Å². The lowest BCUT2D eigenvalue weighted by atomic mass is 9.90. The van der Waals surface area contributed by atoms with Crippen molar-refractivity contribution in [3.63, 3.8) is 0 Å². The molecular weight excluding hydrogens is 347 g/mol. The number of alkyl halides is 3. The van der Waals surface area contributed by atoms with Crippen LogP contribution in [0.2, 0.25) is 0 Å². The first-order valence-electron chi connectivity index (χ1n) is 6.93. The molecule has 0 aliphatic carbocycles. The number of rotatable bonds is 7. The fourth-order valence-corrected chi connectivity index (χ4v) is 2.24. The van der Waals surface area contributed by atoms with Gasteiger partial charge in [-0.2, -0.15) is 13.2 Å². The second-order valence-corrected chi connectivity index (χ2v) is 5.23. The number of carboxylic acids is 2. The molecule has 1 aromatic rings. The summed E-state index contributed by atoms with van der Waals surface area (Å²) in [5, 5.41) is 20.2. The molecule has 25 heavy (non-hydrogen) atoms. The normalized spacial score (nSPS) is 11.7. The Morgan fingerprint density at radius 3 is 2.12 bits per heavy atom. The minimum atomic E-state index is -4.70. The van der Waals surface area contributed by atoms with E-state index in [-0.39, 0.29) is 12.0 Å². The van der Waals surface area contributed by atoms with E-state index in [9.17, 15) is 37.8 Å². The SMILES string of the molecule is COc1ccc(CCC(NC(C)=O)(C(=O)O)C(=O)O)cc1C(F)(F)F. The first kappa shape index (κ1) is 20.3. The van der Waals surface area contributed by atoms with Gasteiger partial charge in [0, 0.05) is 6.92 Å². The Hall–Kier alpha value is -2.78. The Morgan fingerprint density at radius 2 is 1.72 bits per heavy atom. The summed E-state index contributed by atoms with van der Waals surface area (Å²) < 4.78 is 43.6. The van der Waals surface area contributed by atoms with E-state index in [0.717, 1.165) is 26.2 Å². The van der Waals surface area contributed by atoms with Crippen molar-refractivity contribution in [1.29, 1.82) is 0 Å². The first-order valence-corrected chi connectivity index (χ1v) is 6.93. The molecule has 0 saturated heterocycles. The monoisotopic (exact) mass is 363 g/mol. The average Bonchev–Trinajstić information content (AvgIpc) is 2.49. The number of hydrogen-bond donors (Lipinski definition) is 3. The summed E-state index contributed by atoms with van der Waals surface area (Å²) in [5.41, 5.74) is -3.65. The summed E-state index contributed by atoms with van der Waals surface area (Å²) >= 11 is 0. The molecule has 0 bridgehead atoms. The lowest BCUT2D eigenvalue weighted by molar-refractivity contribution is -0.161. The van der Waals surface area contributed by atoms with Gasteiger partial charge in [0.15, 0.2) is 0 Å². The highest BCUT2D eigenvalue weighted by Crippen LogP contribution is 2.37. The predicted molar refractivity (Wildman–Crippen MR) is 78.1 cm³/mol. The molecule has 0 saturated carbocycles. The zero-order chi connectivity index (χ0) is 19.4. The van der Waals surface area contributed by atoms with Gasteiger partial charge in [0.2, 0.25) is 11.4 Å². The average molecular weight is 363 g/mol. The molecule has 7 nitrogen and oxygen atoms in total. The van der Waals surface area contributed by atoms with Gasteiger partial charge in [-0.3, -0.25) is 4.79 Å². The number of carboxylic acid groups (broad SMARTS) is 2. The topological polar surface area (TPSA) is 113 Å². The van der Waals surface area contributed by atoms with E-state index in [1.807, 2.05) is 5.32 Å². The van der Waals surface area contributed by atoms with Crippen molar-refractivity contribution in [2.75, 3.05) is 7.11 Å². The van der Waals surface area contributed by atoms with E-state index < -0.39 is 47.3 Å². The van der Waals surface area contributed by atoms with Gasteiger partial charge in [0.1, 0.15) is 5.75 Å². The van der Waals surface area contributed by atoms with Crippen LogP contribution in [0.15, 0.2) is 18.2 Å². The second kappa shape index (κ2) is 7.41. The Bertz CT molecular complexity index is 672. The Morgan fingerprint density at radius 1 is 1.16 bits per heavy atom. The van der Waals surface area contributed by atoms with Gasteiger partial charge in [-0.25, -0.2) is 9.59 Å². The van der Waals surface area contributed by atoms with Crippen molar-refractivity contribution in [2.45, 2.75) is 31.5 Å². The molecule has 0 heterocycles. The lowest BCUT2D eigenvalue weighted by Crippen LogP contribution is -2.60. The summed E-state index contributed by atoms with van der Waals surface area (Å²) in [5.74, 6) is -4.95. The highest BCUT2D eigenvalue weighted by atomic mass is 19.4. The molecule has 1 amide bonds. The van der Waals surface area contributed by atoms with Crippen LogP contribution in [0, 0.1) is 0 Å². The van der Waals surface area contributed by atoms with Crippen LogP contribution in [0.5, 0.6) is 5.75 Å². The molecule has 3 N–H and O–H groups in total. The number of aryl methyl sites for hydroxylation is 1. The van der Waals surface area contributed by atoms with Gasteiger partial charge >= 0.3 is 18.1 Å². The number of nitrogens with one attached hydrogen (secondary N) is 1. The quantitative estimate of drug-likeness (QED) is 0.636. The highest BCUT2D eigenvalue weighted by Gasteiger charge is 2.47. The van der Waals surface area contributed by atoms with Crippen molar-refractivity contribution in [2.24, 2.45) is 0 Å². The lowest BCUT2D eigenvalue weighted by Gasteiger charge is -2.25. The Balaban J connectivity index is 3.18. The maximum Gasteiger partial charge on any atom is 0.419 e. The molecule has 138 valence electrons. The molecule has 0 aliphatic rings. The Labute approximate surface area is 140 Å². The first-order chi connectivity index (χ1) is 11.4. The van der Waals surface area contributed by atoms with E-state index in [2.05, 4.69) is 4.74 Å². The van der Waals surface area contributed by atoms with Crippen molar-refractivity contribution in [1.82, 2.24) is 5.32 Å². The summed E-state index contributed by atoms with van der Waals surface area (Å²) in [6.07, 6.45) is -5.66. The summed E-state index contributed by atoms with van der Waals surface area (Å²) in [7, 11) is 1.07. The fourth-order valence-electron chi connectivity index (χ4n) is 2.24. The molecule has 0 radical (unpaired) electrons. The number of aliphatic carboxylic acids is 2. The smallest absolute Gasteiger partial charge is 0.419 e. The zero-order valence-electron chi connectivity index (χ0n) is 13.3. The summed E-state index contributed by atoms with van der Waals surface area (Å²) in [6.45, 7) is 0.940. The number of amides is 1. The maximum absolute atomic E-state index is 13.0. The van der Waals surface area contributed by atoms with Crippen molar-refractivity contribution < 1.29 is 42.5 Å². The number of hydrogen-bond acceptors (Lipinski definition) is 4. The van der Waals surface area contributed by atoms with Gasteiger partial charge in [-0.05, 0) is 30.5 Å². The van der Waals surface area contributed by atoms with Crippen LogP contribution >= 0.6 is 0 Å². The molecule has 0 unspecified atom stereocenters. The zero-order valence-corrected chi connectivity index (χ0v) is 13.3. The molecule has 10 heteroatoms. The largest absolute Gasteiger partial charge is 0.496 e. The van der Waals surface area contributed by atoms with Gasteiger partial charge in [-0.1, -0.05) is 6.07 Å². The van der Waals surface area contributed by atoms with Crippen molar-refractivity contribution >= 4 is 17.8 Å². The number of benzene rings is 1. The summed E-state index contributed by atoms with van der Waals surface area (Å²) in [4.78, 5) is 33.8. The molecule has 1 aromatic carbocycles. The summed E-state index contributed by atoms with van der Waals surface area (Å²) in [6, 6.07) is 3.07. The fraction of sp³-hybridized carbons (Fsp3) is 0.400. The molecule has 0 spiro atoms. The van der Waals surface area contributed by atoms with Gasteiger partial charge < -0.3 is 20.3 Å². The number of methoxy groups -OCH3 is 1. The number of ether oxygens (including phenoxy) is 1. The van der Waals surface area contributed by atoms with E-state index in [1.165, 1.54) is 6.07 Å². The maximum atomic E-state index is 13.0. The third-order valence-electron chi connectivity index (χ3n) is 3.48. The molecule has 0 fully saturated rings. The number of carbonyl (C=O) groups is 3. The van der Waals surface area contributed by atoms with E-state index in [0.29, 0.717) is 0 Å². The van der Waals surface area contributed by atoms with Crippen LogP contribution in [0.3, 0.4) is 0 Å². The Kier molecular flexibility index (Phi) is 6.01. The van der Waals surface area contributed by atoms with Crippen LogP contribution in [-0.4, -0.2) is 40.7 Å². The molecule has 0 aromatic heterocycles. The van der Waals surface area contributed by atoms with Gasteiger partial charge in [0.05, 0.1) is 12.7 Å². The minimum absolute atomic E-state index is 0.0466. The highest BCUT2D eigenvalue weighted by molar-refractivity contribution is 6.06. The molecule has 0 atom stereocenters. The molecule has 0 aliphatic heterocycles. The van der Waals surface area contributed by atoms with Crippen LogP contribution in [-0.2, 0) is 27.0 Å². The van der Waals surface area contributed by atoms with Gasteiger partial charge in [-0.15, -0.1) is 0 Å². The number of halogens is 3. The van der Waals surface area contributed by atoms with Crippen molar-refractivity contribution in [3.05, 3.63) is 29.3 Å². The predicted octanol–water partition coefficient (Wildman–Crippen LogP) is 1.69. The van der Waals surface area contributed by atoms with Crippen LogP contribution in [0.25, 0.3) is 0 Å². The third-order valence-corrected chi connectivity index (χ3v) is 3.48. The number of carbonyl (C=O) groups excluding carboxylic acids is 1. The van der Waals surface area contributed by atoms with E-state index >= 15 is 0 Å². The van der Waals surface area contributed by atoms with Crippen LogP contribution in [0.4, 0.5) is 13.2 Å². The van der Waals surface area contributed by atoms with E-state index in [1.54, 1.807) is 0 Å². The molecule has 1 rings (SSSR count). The second-order valence-electron chi connectivity index (χ2n) is 5.23. The molecular formula is C15H16F3NO6.